The molecular formula is C15H18BrF3O3. The van der Waals surface area contributed by atoms with Crippen LogP contribution in [0.25, 0.3) is 0 Å². The molecule has 0 amide bonds. The van der Waals surface area contributed by atoms with Gasteiger partial charge in [-0.1, -0.05) is 28.1 Å². The first kappa shape index (κ1) is 19.0. The summed E-state index contributed by atoms with van der Waals surface area (Å²) in [7, 11) is 0. The third-order valence-corrected chi connectivity index (χ3v) is 3.96. The molecule has 0 aliphatic rings. The van der Waals surface area contributed by atoms with E-state index in [2.05, 4.69) is 15.9 Å². The minimum atomic E-state index is -5.06. The molecule has 1 rings (SSSR count). The molecule has 0 heterocycles. The second-order valence-electron chi connectivity index (χ2n) is 5.79. The van der Waals surface area contributed by atoms with Gasteiger partial charge in [-0.15, -0.1) is 0 Å². The molecule has 0 saturated carbocycles. The van der Waals surface area contributed by atoms with E-state index in [-0.39, 0.29) is 0 Å². The zero-order valence-corrected chi connectivity index (χ0v) is 14.2. The Labute approximate surface area is 135 Å². The lowest BCUT2D eigenvalue weighted by molar-refractivity contribution is -0.304. The van der Waals surface area contributed by atoms with E-state index in [1.54, 1.807) is 0 Å². The van der Waals surface area contributed by atoms with Crippen LogP contribution in [0.4, 0.5) is 13.2 Å². The number of ether oxygens (including phenoxy) is 1. The Kier molecular flexibility index (Phi) is 5.34. The third-order valence-electron chi connectivity index (χ3n) is 3.43. The normalized spacial score (nSPS) is 15.5. The van der Waals surface area contributed by atoms with Gasteiger partial charge in [0, 0.05) is 4.47 Å². The molecule has 1 unspecified atom stereocenters. The number of hydrogen-bond acceptors (Lipinski definition) is 3. The van der Waals surface area contributed by atoms with E-state index in [1.807, 2.05) is 0 Å². The van der Waals surface area contributed by atoms with E-state index >= 15 is 0 Å². The number of benzene rings is 1. The standard InChI is InChI=1S/C15H18BrF3O3/c1-9(2)22-12(20)13(3,4)14(21,15(17,18)19)10-5-7-11(16)8-6-10/h5-9,21H,1-4H3. The highest BCUT2D eigenvalue weighted by Crippen LogP contribution is 2.51. The largest absolute Gasteiger partial charge is 0.462 e. The lowest BCUT2D eigenvalue weighted by atomic mass is 9.70. The maximum Gasteiger partial charge on any atom is 0.422 e. The van der Waals surface area contributed by atoms with Crippen molar-refractivity contribution in [2.45, 2.75) is 45.6 Å². The van der Waals surface area contributed by atoms with Crippen molar-refractivity contribution in [1.29, 1.82) is 0 Å². The van der Waals surface area contributed by atoms with Gasteiger partial charge in [-0.25, -0.2) is 0 Å². The molecule has 0 spiro atoms. The molecule has 22 heavy (non-hydrogen) atoms. The van der Waals surface area contributed by atoms with Crippen molar-refractivity contribution in [2.75, 3.05) is 0 Å². The van der Waals surface area contributed by atoms with Gasteiger partial charge in [-0.2, -0.15) is 13.2 Å². The molecular weight excluding hydrogens is 365 g/mol. The van der Waals surface area contributed by atoms with Crippen LogP contribution in [-0.4, -0.2) is 23.4 Å². The van der Waals surface area contributed by atoms with Crippen LogP contribution in [0.1, 0.15) is 33.3 Å². The highest BCUT2D eigenvalue weighted by atomic mass is 79.9. The van der Waals surface area contributed by atoms with Gasteiger partial charge in [0.2, 0.25) is 5.60 Å². The number of carbonyl (C=O) groups is 1. The number of halogens is 4. The van der Waals surface area contributed by atoms with Crippen LogP contribution < -0.4 is 0 Å². The van der Waals surface area contributed by atoms with E-state index in [4.69, 9.17) is 4.74 Å². The second-order valence-corrected chi connectivity index (χ2v) is 6.71. The predicted molar refractivity (Wildman–Crippen MR) is 79.1 cm³/mol. The number of hydrogen-bond donors (Lipinski definition) is 1. The van der Waals surface area contributed by atoms with Crippen LogP contribution in [0.3, 0.4) is 0 Å². The lowest BCUT2D eigenvalue weighted by Gasteiger charge is -2.42. The summed E-state index contributed by atoms with van der Waals surface area (Å²) in [4.78, 5) is 12.1. The lowest BCUT2D eigenvalue weighted by Crippen LogP contribution is -2.57. The molecule has 1 aromatic carbocycles. The fraction of sp³-hybridized carbons (Fsp3) is 0.533. The zero-order chi connectivity index (χ0) is 17.3. The summed E-state index contributed by atoms with van der Waals surface area (Å²) in [6.45, 7) is 5.10. The third kappa shape index (κ3) is 3.30. The molecule has 3 nitrogen and oxygen atoms in total. The van der Waals surface area contributed by atoms with Gasteiger partial charge in [0.15, 0.2) is 0 Å². The van der Waals surface area contributed by atoms with Gasteiger partial charge < -0.3 is 9.84 Å². The van der Waals surface area contributed by atoms with Crippen LogP contribution in [0.2, 0.25) is 0 Å². The Morgan fingerprint density at radius 2 is 1.64 bits per heavy atom. The van der Waals surface area contributed by atoms with E-state index in [1.165, 1.54) is 26.0 Å². The number of esters is 1. The molecule has 0 radical (unpaired) electrons. The van der Waals surface area contributed by atoms with Crippen LogP contribution in [0, 0.1) is 5.41 Å². The summed E-state index contributed by atoms with van der Waals surface area (Å²) in [6.07, 6.45) is -5.64. The zero-order valence-electron chi connectivity index (χ0n) is 12.7. The van der Waals surface area contributed by atoms with Crippen molar-refractivity contribution in [3.8, 4) is 0 Å². The molecule has 7 heteroatoms. The van der Waals surface area contributed by atoms with Gasteiger partial charge in [-0.05, 0) is 45.4 Å². The SMILES string of the molecule is CC(C)OC(=O)C(C)(C)C(O)(c1ccc(Br)cc1)C(F)(F)F. The first-order chi connectivity index (χ1) is 9.84. The molecule has 0 saturated heterocycles. The topological polar surface area (TPSA) is 46.5 Å². The van der Waals surface area contributed by atoms with Gasteiger partial charge >= 0.3 is 12.1 Å². The first-order valence-corrected chi connectivity index (χ1v) is 7.39. The van der Waals surface area contributed by atoms with Crippen molar-refractivity contribution < 1.29 is 27.8 Å². The minimum absolute atomic E-state index is 0.422. The molecule has 0 bridgehead atoms. The summed E-state index contributed by atoms with van der Waals surface area (Å²) in [5.74, 6) is -1.12. The molecule has 1 N–H and O–H groups in total. The maximum absolute atomic E-state index is 13.6. The molecule has 1 atom stereocenters. The van der Waals surface area contributed by atoms with Crippen molar-refractivity contribution in [1.82, 2.24) is 0 Å². The van der Waals surface area contributed by atoms with Gasteiger partial charge in [0.05, 0.1) is 6.10 Å². The first-order valence-electron chi connectivity index (χ1n) is 6.60. The smallest absolute Gasteiger partial charge is 0.422 e. The second kappa shape index (κ2) is 6.20. The summed E-state index contributed by atoms with van der Waals surface area (Å²) >= 11 is 3.12. The quantitative estimate of drug-likeness (QED) is 0.794. The Hall–Kier alpha value is -1.08. The fourth-order valence-corrected chi connectivity index (χ4v) is 2.34. The van der Waals surface area contributed by atoms with E-state index in [0.29, 0.717) is 4.47 Å². The number of alkyl halides is 3. The summed E-state index contributed by atoms with van der Waals surface area (Å²) in [5.41, 5.74) is -6.01. The average Bonchev–Trinajstić information content (AvgIpc) is 2.36. The Balaban J connectivity index is 3.46. The maximum atomic E-state index is 13.6. The van der Waals surface area contributed by atoms with Crippen LogP contribution in [0.5, 0.6) is 0 Å². The number of rotatable bonds is 4. The van der Waals surface area contributed by atoms with Crippen molar-refractivity contribution in [3.05, 3.63) is 34.3 Å². The summed E-state index contributed by atoms with van der Waals surface area (Å²) < 4.78 is 46.3. The average molecular weight is 383 g/mol. The van der Waals surface area contributed by atoms with E-state index in [0.717, 1.165) is 26.0 Å². The molecule has 0 aliphatic heterocycles. The number of aliphatic hydroxyl groups is 1. The monoisotopic (exact) mass is 382 g/mol. The minimum Gasteiger partial charge on any atom is -0.462 e. The van der Waals surface area contributed by atoms with Gasteiger partial charge in [0.1, 0.15) is 5.41 Å². The highest BCUT2D eigenvalue weighted by molar-refractivity contribution is 9.10. The van der Waals surface area contributed by atoms with Crippen molar-refractivity contribution in [2.24, 2.45) is 5.41 Å². The van der Waals surface area contributed by atoms with Crippen molar-refractivity contribution in [3.63, 3.8) is 0 Å². The van der Waals surface area contributed by atoms with Gasteiger partial charge in [-0.3, -0.25) is 4.79 Å². The fourth-order valence-electron chi connectivity index (χ4n) is 2.08. The summed E-state index contributed by atoms with van der Waals surface area (Å²) in [6, 6.07) is 5.00. The highest BCUT2D eigenvalue weighted by Gasteiger charge is 2.67. The van der Waals surface area contributed by atoms with E-state index < -0.39 is 34.8 Å². The Morgan fingerprint density at radius 1 is 1.18 bits per heavy atom. The Bertz CT molecular complexity index is 538. The molecule has 0 fully saturated rings. The Morgan fingerprint density at radius 3 is 2.00 bits per heavy atom. The van der Waals surface area contributed by atoms with Crippen LogP contribution in [-0.2, 0) is 15.1 Å². The van der Waals surface area contributed by atoms with Crippen molar-refractivity contribution >= 4 is 21.9 Å². The number of carbonyl (C=O) groups excluding carboxylic acids is 1. The van der Waals surface area contributed by atoms with Crippen LogP contribution in [0.15, 0.2) is 28.7 Å². The van der Waals surface area contributed by atoms with E-state index in [9.17, 15) is 23.1 Å². The molecule has 1 aromatic rings. The molecule has 0 aliphatic carbocycles. The predicted octanol–water partition coefficient (Wildman–Crippen LogP) is 4.18. The molecule has 0 aromatic heterocycles. The molecule has 124 valence electrons. The van der Waals surface area contributed by atoms with Gasteiger partial charge in [0.25, 0.3) is 0 Å². The van der Waals surface area contributed by atoms with Crippen LogP contribution >= 0.6 is 15.9 Å². The summed E-state index contributed by atoms with van der Waals surface area (Å²) in [5, 5.41) is 10.5.